The van der Waals surface area contributed by atoms with Crippen molar-refractivity contribution in [2.24, 2.45) is 17.6 Å². The number of fused-ring (bicyclic) bond motifs is 3. The number of furan rings is 1. The molecule has 0 radical (unpaired) electrons. The van der Waals surface area contributed by atoms with Crippen LogP contribution in [0.15, 0.2) is 46.0 Å². The summed E-state index contributed by atoms with van der Waals surface area (Å²) >= 11 is 0. The van der Waals surface area contributed by atoms with E-state index in [1.54, 1.807) is 26.4 Å². The van der Waals surface area contributed by atoms with Crippen LogP contribution in [0.4, 0.5) is 0 Å². The van der Waals surface area contributed by atoms with Gasteiger partial charge in [-0.25, -0.2) is 0 Å². The van der Waals surface area contributed by atoms with Crippen LogP contribution in [0.5, 0.6) is 5.75 Å². The van der Waals surface area contributed by atoms with E-state index in [9.17, 15) is 34.8 Å². The van der Waals surface area contributed by atoms with Crippen LogP contribution in [0.3, 0.4) is 0 Å². The lowest BCUT2D eigenvalue weighted by molar-refractivity contribution is -0.153. The second-order valence-electron chi connectivity index (χ2n) is 12.1. The van der Waals surface area contributed by atoms with Crippen molar-refractivity contribution in [1.29, 1.82) is 0 Å². The Morgan fingerprint density at radius 2 is 1.90 bits per heavy atom. The quantitative estimate of drug-likeness (QED) is 0.278. The van der Waals surface area contributed by atoms with E-state index in [1.807, 2.05) is 6.07 Å². The number of benzene rings is 1. The van der Waals surface area contributed by atoms with Crippen LogP contribution < -0.4 is 11.1 Å². The van der Waals surface area contributed by atoms with Gasteiger partial charge in [0.2, 0.25) is 5.78 Å². The van der Waals surface area contributed by atoms with E-state index in [0.29, 0.717) is 23.7 Å². The fourth-order valence-electron chi connectivity index (χ4n) is 7.56. The number of hydrogen-bond acceptors (Lipinski definition) is 10. The number of aliphatic hydroxyl groups is 3. The van der Waals surface area contributed by atoms with Crippen molar-refractivity contribution >= 4 is 23.2 Å². The van der Waals surface area contributed by atoms with Crippen LogP contribution in [0.1, 0.15) is 48.8 Å². The molecule has 4 aliphatic carbocycles. The molecule has 2 fully saturated rings. The van der Waals surface area contributed by atoms with Crippen LogP contribution >= 0.6 is 0 Å². The molecule has 0 bridgehead atoms. The predicted octanol–water partition coefficient (Wildman–Crippen LogP) is 2.26. The van der Waals surface area contributed by atoms with Crippen molar-refractivity contribution in [1.82, 2.24) is 10.2 Å². The van der Waals surface area contributed by atoms with E-state index >= 15 is 0 Å². The molecule has 0 aliphatic heterocycles. The Hall–Kier alpha value is -3.93. The van der Waals surface area contributed by atoms with Gasteiger partial charge >= 0.3 is 0 Å². The number of ketones is 2. The van der Waals surface area contributed by atoms with E-state index in [2.05, 4.69) is 5.32 Å². The van der Waals surface area contributed by atoms with Gasteiger partial charge in [0.1, 0.15) is 22.8 Å². The Labute approximate surface area is 242 Å². The van der Waals surface area contributed by atoms with E-state index in [-0.39, 0.29) is 29.7 Å². The molecule has 42 heavy (non-hydrogen) atoms. The molecule has 1 aromatic heterocycles. The molecular weight excluding hydrogens is 542 g/mol. The van der Waals surface area contributed by atoms with Gasteiger partial charge in [0.15, 0.2) is 11.4 Å². The maximum atomic E-state index is 14.1. The smallest absolute Gasteiger partial charge is 0.255 e. The lowest BCUT2D eigenvalue weighted by Crippen LogP contribution is -2.65. The summed E-state index contributed by atoms with van der Waals surface area (Å²) in [6, 6.07) is 2.82. The molecule has 11 nitrogen and oxygen atoms in total. The summed E-state index contributed by atoms with van der Waals surface area (Å²) < 4.78 is 5.35. The first-order valence-electron chi connectivity index (χ1n) is 14.2. The fourth-order valence-corrected chi connectivity index (χ4v) is 7.56. The zero-order valence-corrected chi connectivity index (χ0v) is 23.5. The number of carbonyl (C=O) groups is 3. The first kappa shape index (κ1) is 28.2. The molecule has 6 rings (SSSR count). The number of Topliss-reactive ketones (excluding diaryl/α,β-unsaturated/α-hetero) is 2. The van der Waals surface area contributed by atoms with Gasteiger partial charge in [-0.3, -0.25) is 19.3 Å². The van der Waals surface area contributed by atoms with Gasteiger partial charge in [-0.2, -0.15) is 0 Å². The molecule has 0 spiro atoms. The standard InChI is InChI=1S/C31H35N3O8/c1-34(2)24-20-11-15-9-19-18(14-7-8-42-13-14)10-16(12-33-17-5-3-4-6-17)25(35)22(19)26(36)21(15)28(38)31(20,41)29(39)23(27(24)37)30(32)40/h7-8,10,13,15,17,20,24,33,35-36,39,41H,3-6,9,11-12H2,1-2H3,(H2,32,40)/t15-,20-,24-,31-/m0/s1. The van der Waals surface area contributed by atoms with Crippen molar-refractivity contribution in [3.05, 3.63) is 58.3 Å². The molecule has 4 aliphatic rings. The second-order valence-corrected chi connectivity index (χ2v) is 12.1. The monoisotopic (exact) mass is 577 g/mol. The highest BCUT2D eigenvalue weighted by Crippen LogP contribution is 2.54. The number of rotatable bonds is 6. The van der Waals surface area contributed by atoms with Crippen molar-refractivity contribution in [2.45, 2.75) is 62.8 Å². The molecule has 2 saturated carbocycles. The highest BCUT2D eigenvalue weighted by atomic mass is 16.3. The van der Waals surface area contributed by atoms with Crippen LogP contribution in [-0.2, 0) is 27.3 Å². The van der Waals surface area contributed by atoms with E-state index in [4.69, 9.17) is 10.2 Å². The number of hydrogen-bond donors (Lipinski definition) is 6. The molecule has 0 unspecified atom stereocenters. The fraction of sp³-hybridized carbons (Fsp3) is 0.452. The van der Waals surface area contributed by atoms with Crippen molar-refractivity contribution < 1.29 is 39.2 Å². The third kappa shape index (κ3) is 4.02. The predicted molar refractivity (Wildman–Crippen MR) is 151 cm³/mol. The Morgan fingerprint density at radius 3 is 2.52 bits per heavy atom. The molecule has 2 aromatic rings. The molecular formula is C31H35N3O8. The number of nitrogens with zero attached hydrogens (tertiary/aromatic N) is 1. The summed E-state index contributed by atoms with van der Waals surface area (Å²) in [5.74, 6) is -6.64. The largest absolute Gasteiger partial charge is 0.508 e. The molecule has 0 saturated heterocycles. The molecule has 4 atom stereocenters. The van der Waals surface area contributed by atoms with Crippen LogP contribution in [0.25, 0.3) is 16.9 Å². The second kappa shape index (κ2) is 10.1. The molecule has 1 aromatic carbocycles. The van der Waals surface area contributed by atoms with Crippen LogP contribution in [0, 0.1) is 11.8 Å². The van der Waals surface area contributed by atoms with Gasteiger partial charge in [0.05, 0.1) is 24.1 Å². The van der Waals surface area contributed by atoms with E-state index in [0.717, 1.165) is 36.8 Å². The molecule has 7 N–H and O–H groups in total. The number of nitrogens with one attached hydrogen (secondary N) is 1. The normalized spacial score (nSPS) is 27.9. The molecule has 11 heteroatoms. The average Bonchev–Trinajstić information content (AvgIpc) is 3.65. The zero-order chi connectivity index (χ0) is 30.1. The van der Waals surface area contributed by atoms with Crippen LogP contribution in [0.2, 0.25) is 0 Å². The lowest BCUT2D eigenvalue weighted by atomic mass is 9.57. The average molecular weight is 578 g/mol. The lowest BCUT2D eigenvalue weighted by Gasteiger charge is -2.50. The Bertz CT molecular complexity index is 1550. The third-order valence-electron chi connectivity index (χ3n) is 9.57. The first-order chi connectivity index (χ1) is 20.0. The summed E-state index contributed by atoms with van der Waals surface area (Å²) in [4.78, 5) is 41.1. The summed E-state index contributed by atoms with van der Waals surface area (Å²) in [6.45, 7) is 0.332. The minimum Gasteiger partial charge on any atom is -0.508 e. The van der Waals surface area contributed by atoms with Gasteiger partial charge in [-0.1, -0.05) is 12.8 Å². The number of primary amides is 1. The van der Waals surface area contributed by atoms with E-state index < -0.39 is 58.0 Å². The third-order valence-corrected chi connectivity index (χ3v) is 9.57. The maximum Gasteiger partial charge on any atom is 0.255 e. The minimum absolute atomic E-state index is 0.0301. The Morgan fingerprint density at radius 1 is 1.19 bits per heavy atom. The maximum absolute atomic E-state index is 14.1. The van der Waals surface area contributed by atoms with Crippen molar-refractivity contribution in [3.63, 3.8) is 0 Å². The Balaban J connectivity index is 1.52. The summed E-state index contributed by atoms with van der Waals surface area (Å²) in [5, 5.41) is 49.6. The zero-order valence-electron chi connectivity index (χ0n) is 23.5. The van der Waals surface area contributed by atoms with Gasteiger partial charge in [-0.05, 0) is 69.0 Å². The number of aliphatic hydroxyl groups excluding tert-OH is 2. The highest BCUT2D eigenvalue weighted by Gasteiger charge is 2.64. The van der Waals surface area contributed by atoms with Gasteiger partial charge in [-0.15, -0.1) is 0 Å². The van der Waals surface area contributed by atoms with Gasteiger partial charge in [0, 0.05) is 35.2 Å². The molecule has 1 heterocycles. The van der Waals surface area contributed by atoms with Crippen molar-refractivity contribution in [3.8, 4) is 16.9 Å². The summed E-state index contributed by atoms with van der Waals surface area (Å²) in [7, 11) is 3.15. The molecule has 1 amide bonds. The van der Waals surface area contributed by atoms with E-state index in [1.165, 1.54) is 11.2 Å². The Kier molecular flexibility index (Phi) is 6.79. The SMILES string of the molecule is CN(C)[C@@H]1C(=O)C(C(N)=O)=C(O)[C@@]2(O)C(=O)C3=C(O)c4c(O)c(CNC5CCCC5)cc(-c5ccoc5)c4C[C@H]3C[C@@H]12. The summed E-state index contributed by atoms with van der Waals surface area (Å²) in [6.07, 6.45) is 7.67. The summed E-state index contributed by atoms with van der Waals surface area (Å²) in [5.41, 5.74) is 4.39. The first-order valence-corrected chi connectivity index (χ1v) is 14.2. The number of aromatic hydroxyl groups is 1. The van der Waals surface area contributed by atoms with Crippen LogP contribution in [-0.4, -0.2) is 74.6 Å². The molecule has 222 valence electrons. The number of carbonyl (C=O) groups excluding carboxylic acids is 3. The number of nitrogens with two attached hydrogens (primary N) is 1. The number of phenolic OH excluding ortho intramolecular Hbond substituents is 1. The number of likely N-dealkylation sites (N-methyl/N-ethyl adjacent to an activating group) is 1. The highest BCUT2D eigenvalue weighted by molar-refractivity contribution is 6.24. The number of phenols is 1. The van der Waals surface area contributed by atoms with Crippen molar-refractivity contribution in [2.75, 3.05) is 14.1 Å². The van der Waals surface area contributed by atoms with Gasteiger partial charge in [0.25, 0.3) is 5.91 Å². The topological polar surface area (TPSA) is 187 Å². The van der Waals surface area contributed by atoms with Gasteiger partial charge < -0.3 is 35.9 Å². The minimum atomic E-state index is -2.67. The number of amides is 1.